The summed E-state index contributed by atoms with van der Waals surface area (Å²) in [5.41, 5.74) is 1.44. The lowest BCUT2D eigenvalue weighted by atomic mass is 10.1. The number of aromatic nitrogens is 3. The van der Waals surface area contributed by atoms with E-state index < -0.39 is 11.6 Å². The first kappa shape index (κ1) is 22.2. The van der Waals surface area contributed by atoms with Crippen molar-refractivity contribution in [1.82, 2.24) is 20.1 Å². The van der Waals surface area contributed by atoms with Gasteiger partial charge in [0.2, 0.25) is 0 Å². The molecule has 2 aromatic carbocycles. The van der Waals surface area contributed by atoms with Crippen molar-refractivity contribution in [3.63, 3.8) is 0 Å². The number of H-pyrrole nitrogens is 1. The fraction of sp³-hybridized carbons (Fsp3) is 0.208. The Labute approximate surface area is 188 Å². The molecule has 2 N–H and O–H groups in total. The van der Waals surface area contributed by atoms with Gasteiger partial charge in [-0.25, -0.2) is 13.5 Å². The number of hydrogen-bond acceptors (Lipinski definition) is 4. The molecule has 7 nitrogen and oxygen atoms in total. The Hall–Kier alpha value is -4.01. The fourth-order valence-electron chi connectivity index (χ4n) is 3.49. The van der Waals surface area contributed by atoms with E-state index in [2.05, 4.69) is 15.4 Å². The van der Waals surface area contributed by atoms with E-state index in [9.17, 15) is 18.4 Å². The maximum Gasteiger partial charge on any atom is 0.268 e. The average molecular weight is 452 g/mol. The van der Waals surface area contributed by atoms with Crippen LogP contribution in [0.3, 0.4) is 0 Å². The number of benzene rings is 2. The Bertz CT molecular complexity index is 1380. The molecular formula is C24H22F2N4O3. The highest BCUT2D eigenvalue weighted by Gasteiger charge is 2.17. The quantitative estimate of drug-likeness (QED) is 0.445. The molecule has 2 aromatic heterocycles. The molecule has 0 aliphatic carbocycles. The number of ether oxygens (including phenoxy) is 1. The van der Waals surface area contributed by atoms with Gasteiger partial charge in [-0.2, -0.15) is 5.10 Å². The average Bonchev–Trinajstić information content (AvgIpc) is 3.25. The van der Waals surface area contributed by atoms with E-state index in [-0.39, 0.29) is 24.1 Å². The lowest BCUT2D eigenvalue weighted by Gasteiger charge is -2.17. The van der Waals surface area contributed by atoms with Crippen LogP contribution in [0.1, 0.15) is 23.8 Å². The highest BCUT2D eigenvalue weighted by Crippen LogP contribution is 2.21. The SMILES string of the molecule is CC[C@H](Cn1nc(-c2ccc(F)c(F)c2)ccc1=O)NC(=O)c1cc2ccc(OC)cc2[nH]1. The molecule has 9 heteroatoms. The molecule has 0 aliphatic rings. The summed E-state index contributed by atoms with van der Waals surface area (Å²) in [7, 11) is 1.57. The van der Waals surface area contributed by atoms with Gasteiger partial charge < -0.3 is 15.0 Å². The standard InChI is InChI=1S/C24H22F2N4O3/c1-3-16(27-24(32)22-11-15-4-6-17(33-2)12-21(15)28-22)13-30-23(31)9-8-20(29-30)14-5-7-18(25)19(26)10-14/h4-12,16,28H,3,13H2,1-2H3,(H,27,32)/t16-/m1/s1. The summed E-state index contributed by atoms with van der Waals surface area (Å²) in [6, 6.07) is 13.0. The van der Waals surface area contributed by atoms with Crippen molar-refractivity contribution in [2.45, 2.75) is 25.9 Å². The maximum absolute atomic E-state index is 13.6. The summed E-state index contributed by atoms with van der Waals surface area (Å²) in [6.45, 7) is 2.00. The first-order chi connectivity index (χ1) is 15.9. The third kappa shape index (κ3) is 4.77. The van der Waals surface area contributed by atoms with E-state index in [1.807, 2.05) is 19.1 Å². The van der Waals surface area contributed by atoms with Crippen molar-refractivity contribution < 1.29 is 18.3 Å². The number of nitrogens with zero attached hydrogens (tertiary/aromatic N) is 2. The van der Waals surface area contributed by atoms with Crippen LogP contribution in [0.2, 0.25) is 0 Å². The summed E-state index contributed by atoms with van der Waals surface area (Å²) in [4.78, 5) is 28.2. The summed E-state index contributed by atoms with van der Waals surface area (Å²) in [5.74, 6) is -1.60. The summed E-state index contributed by atoms with van der Waals surface area (Å²) < 4.78 is 33.3. The minimum Gasteiger partial charge on any atom is -0.497 e. The molecule has 0 fully saturated rings. The Morgan fingerprint density at radius 3 is 2.67 bits per heavy atom. The number of amides is 1. The Balaban J connectivity index is 1.53. The van der Waals surface area contributed by atoms with Crippen LogP contribution in [0, 0.1) is 11.6 Å². The Morgan fingerprint density at radius 1 is 1.12 bits per heavy atom. The van der Waals surface area contributed by atoms with Crippen LogP contribution in [0.15, 0.2) is 59.4 Å². The van der Waals surface area contributed by atoms with Gasteiger partial charge in [-0.15, -0.1) is 0 Å². The van der Waals surface area contributed by atoms with Gasteiger partial charge in [0, 0.05) is 34.6 Å². The number of carbonyl (C=O) groups is 1. The van der Waals surface area contributed by atoms with Crippen LogP contribution < -0.4 is 15.6 Å². The zero-order valence-corrected chi connectivity index (χ0v) is 18.1. The molecule has 4 rings (SSSR count). The molecule has 0 aliphatic heterocycles. The van der Waals surface area contributed by atoms with Crippen LogP contribution in [-0.2, 0) is 6.54 Å². The van der Waals surface area contributed by atoms with Gasteiger partial charge >= 0.3 is 0 Å². The van der Waals surface area contributed by atoms with E-state index >= 15 is 0 Å². The van der Waals surface area contributed by atoms with E-state index in [1.54, 1.807) is 19.2 Å². The number of nitrogens with one attached hydrogen (secondary N) is 2. The van der Waals surface area contributed by atoms with Crippen molar-refractivity contribution in [3.05, 3.63) is 82.3 Å². The normalized spacial score (nSPS) is 12.0. The zero-order chi connectivity index (χ0) is 23.5. The van der Waals surface area contributed by atoms with Crippen molar-refractivity contribution in [2.24, 2.45) is 0 Å². The fourth-order valence-corrected chi connectivity index (χ4v) is 3.49. The van der Waals surface area contributed by atoms with Crippen molar-refractivity contribution in [3.8, 4) is 17.0 Å². The van der Waals surface area contributed by atoms with E-state index in [1.165, 1.54) is 22.9 Å². The summed E-state index contributed by atoms with van der Waals surface area (Å²) in [6.07, 6.45) is 0.545. The third-order valence-corrected chi connectivity index (χ3v) is 5.38. The summed E-state index contributed by atoms with van der Waals surface area (Å²) in [5, 5.41) is 8.06. The molecule has 0 saturated heterocycles. The topological polar surface area (TPSA) is 89.0 Å². The minimum atomic E-state index is -0.998. The highest BCUT2D eigenvalue weighted by atomic mass is 19.2. The summed E-state index contributed by atoms with van der Waals surface area (Å²) >= 11 is 0. The monoisotopic (exact) mass is 452 g/mol. The number of rotatable bonds is 7. The van der Waals surface area contributed by atoms with E-state index in [0.717, 1.165) is 23.0 Å². The van der Waals surface area contributed by atoms with Gasteiger partial charge in [0.05, 0.1) is 19.3 Å². The van der Waals surface area contributed by atoms with Crippen molar-refractivity contribution in [2.75, 3.05) is 7.11 Å². The Morgan fingerprint density at radius 2 is 1.94 bits per heavy atom. The molecule has 2 heterocycles. The van der Waals surface area contributed by atoms with Crippen molar-refractivity contribution >= 4 is 16.8 Å². The second-order valence-electron chi connectivity index (χ2n) is 7.58. The number of fused-ring (bicyclic) bond motifs is 1. The van der Waals surface area contributed by atoms with Gasteiger partial charge in [-0.05, 0) is 48.9 Å². The molecule has 0 radical (unpaired) electrons. The molecule has 4 aromatic rings. The van der Waals surface area contributed by atoms with Crippen molar-refractivity contribution in [1.29, 1.82) is 0 Å². The predicted octanol–water partition coefficient (Wildman–Crippen LogP) is 3.89. The van der Waals surface area contributed by atoms with E-state index in [0.29, 0.717) is 29.1 Å². The second-order valence-corrected chi connectivity index (χ2v) is 7.58. The van der Waals surface area contributed by atoms with Gasteiger partial charge in [0.1, 0.15) is 11.4 Å². The van der Waals surface area contributed by atoms with Crippen LogP contribution >= 0.6 is 0 Å². The first-order valence-corrected chi connectivity index (χ1v) is 10.4. The van der Waals surface area contributed by atoms with E-state index in [4.69, 9.17) is 4.74 Å². The van der Waals surface area contributed by atoms with Gasteiger partial charge in [-0.3, -0.25) is 9.59 Å². The van der Waals surface area contributed by atoms with Gasteiger partial charge in [0.15, 0.2) is 11.6 Å². The lowest BCUT2D eigenvalue weighted by molar-refractivity contribution is 0.0926. The molecule has 170 valence electrons. The Kier molecular flexibility index (Phi) is 6.21. The molecule has 1 amide bonds. The highest BCUT2D eigenvalue weighted by molar-refractivity contribution is 5.98. The first-order valence-electron chi connectivity index (χ1n) is 10.4. The van der Waals surface area contributed by atoms with Gasteiger partial charge in [0.25, 0.3) is 11.5 Å². The van der Waals surface area contributed by atoms with Crippen LogP contribution in [0.4, 0.5) is 8.78 Å². The largest absolute Gasteiger partial charge is 0.497 e. The molecule has 0 unspecified atom stereocenters. The minimum absolute atomic E-state index is 0.118. The molecule has 0 bridgehead atoms. The second kappa shape index (κ2) is 9.23. The molecule has 1 atom stereocenters. The zero-order valence-electron chi connectivity index (χ0n) is 18.1. The lowest BCUT2D eigenvalue weighted by Crippen LogP contribution is -2.40. The third-order valence-electron chi connectivity index (χ3n) is 5.38. The van der Waals surface area contributed by atoms with Gasteiger partial charge in [-0.1, -0.05) is 6.92 Å². The molecular weight excluding hydrogens is 430 g/mol. The number of carbonyl (C=O) groups excluding carboxylic acids is 1. The smallest absolute Gasteiger partial charge is 0.268 e. The molecule has 0 spiro atoms. The maximum atomic E-state index is 13.6. The molecule has 0 saturated carbocycles. The van der Waals surface area contributed by atoms with Crippen LogP contribution in [0.25, 0.3) is 22.2 Å². The van der Waals surface area contributed by atoms with Crippen LogP contribution in [-0.4, -0.2) is 33.8 Å². The number of hydrogen-bond donors (Lipinski definition) is 2. The molecule has 33 heavy (non-hydrogen) atoms. The number of halogens is 2. The van der Waals surface area contributed by atoms with Crippen LogP contribution in [0.5, 0.6) is 5.75 Å². The number of aromatic amines is 1. The predicted molar refractivity (Wildman–Crippen MR) is 120 cm³/mol. The number of methoxy groups -OCH3 is 1.